The van der Waals surface area contributed by atoms with E-state index in [-0.39, 0.29) is 17.9 Å². The van der Waals surface area contributed by atoms with Crippen molar-refractivity contribution in [3.05, 3.63) is 60.2 Å². The largest absolute Gasteiger partial charge is 0.378 e. The second-order valence-electron chi connectivity index (χ2n) is 5.71. The topological polar surface area (TPSA) is 52.6 Å². The van der Waals surface area contributed by atoms with Gasteiger partial charge in [-0.25, -0.2) is 0 Å². The molecule has 0 aliphatic carbocycles. The van der Waals surface area contributed by atoms with Gasteiger partial charge in [0.1, 0.15) is 6.23 Å². The lowest BCUT2D eigenvalue weighted by Crippen LogP contribution is -2.49. The first-order valence-electron chi connectivity index (χ1n) is 7.48. The van der Waals surface area contributed by atoms with Gasteiger partial charge >= 0.3 is 0 Å². The van der Waals surface area contributed by atoms with E-state index in [9.17, 15) is 9.90 Å². The lowest BCUT2D eigenvalue weighted by atomic mass is 9.86. The number of amides is 1. The van der Waals surface area contributed by atoms with Crippen LogP contribution in [0.15, 0.2) is 54.6 Å². The molecule has 0 spiro atoms. The Bertz CT molecular complexity index is 672. The van der Waals surface area contributed by atoms with Crippen molar-refractivity contribution in [3.63, 3.8) is 0 Å². The van der Waals surface area contributed by atoms with Crippen molar-refractivity contribution < 1.29 is 9.90 Å². The fourth-order valence-corrected chi connectivity index (χ4v) is 3.08. The third kappa shape index (κ3) is 2.46. The summed E-state index contributed by atoms with van der Waals surface area (Å²) < 4.78 is 0. The van der Waals surface area contributed by atoms with Crippen LogP contribution in [0.5, 0.6) is 0 Å². The number of aliphatic hydroxyl groups excluding tert-OH is 1. The smallest absolute Gasteiger partial charge is 0.225 e. The minimum atomic E-state index is -0.839. The molecule has 1 aliphatic rings. The van der Waals surface area contributed by atoms with Crippen molar-refractivity contribution in [2.75, 3.05) is 10.2 Å². The van der Waals surface area contributed by atoms with Gasteiger partial charge in [0.15, 0.2) is 0 Å². The molecule has 22 heavy (non-hydrogen) atoms. The summed E-state index contributed by atoms with van der Waals surface area (Å²) in [6, 6.07) is 17.6. The van der Waals surface area contributed by atoms with E-state index < -0.39 is 6.23 Å². The summed E-state index contributed by atoms with van der Waals surface area (Å²) in [4.78, 5) is 13.4. The summed E-state index contributed by atoms with van der Waals surface area (Å²) in [7, 11) is 0. The Labute approximate surface area is 130 Å². The summed E-state index contributed by atoms with van der Waals surface area (Å²) in [5, 5.41) is 14.0. The number of rotatable bonds is 2. The summed E-state index contributed by atoms with van der Waals surface area (Å²) in [5.74, 6) is -0.274. The third-order valence-electron chi connectivity index (χ3n) is 4.23. The van der Waals surface area contributed by atoms with Gasteiger partial charge in [-0.2, -0.15) is 0 Å². The normalized spacial score (nSPS) is 23.8. The molecule has 1 aliphatic heterocycles. The highest BCUT2D eigenvalue weighted by molar-refractivity contribution is 5.93. The molecule has 3 atom stereocenters. The molecule has 2 aromatic carbocycles. The third-order valence-corrected chi connectivity index (χ3v) is 4.23. The lowest BCUT2D eigenvalue weighted by Gasteiger charge is -2.42. The van der Waals surface area contributed by atoms with Crippen molar-refractivity contribution in [2.24, 2.45) is 5.92 Å². The zero-order valence-corrected chi connectivity index (χ0v) is 12.7. The number of aliphatic hydroxyl groups is 1. The fourth-order valence-electron chi connectivity index (χ4n) is 3.08. The average Bonchev–Trinajstić information content (AvgIpc) is 2.52. The van der Waals surface area contributed by atoms with Crippen LogP contribution in [-0.2, 0) is 4.79 Å². The van der Waals surface area contributed by atoms with Gasteiger partial charge in [0, 0.05) is 18.5 Å². The molecule has 0 bridgehead atoms. The Balaban J connectivity index is 2.03. The molecule has 0 aromatic heterocycles. The molecular weight excluding hydrogens is 276 g/mol. The number of hydrogen-bond acceptors (Lipinski definition) is 3. The van der Waals surface area contributed by atoms with E-state index in [1.54, 1.807) is 0 Å². The first-order chi connectivity index (χ1) is 10.6. The average molecular weight is 296 g/mol. The van der Waals surface area contributed by atoms with Gasteiger partial charge in [-0.05, 0) is 23.8 Å². The molecule has 1 heterocycles. The Morgan fingerprint density at radius 1 is 1.09 bits per heavy atom. The van der Waals surface area contributed by atoms with E-state index in [4.69, 9.17) is 0 Å². The van der Waals surface area contributed by atoms with Crippen LogP contribution in [0.2, 0.25) is 0 Å². The standard InChI is InChI=1S/C18H20N2O2/c1-12-17(19-14-8-4-3-5-9-14)15-10-6-7-11-16(15)20(13(2)21)18(12)22/h3-12,17-19,22H,1-2H3/t12-,17-,18+/m1/s1. The Hall–Kier alpha value is -2.33. The number of carbonyl (C=O) groups excluding carboxylic acids is 1. The molecule has 1 amide bonds. The van der Waals surface area contributed by atoms with Gasteiger partial charge in [-0.15, -0.1) is 0 Å². The van der Waals surface area contributed by atoms with Crippen LogP contribution >= 0.6 is 0 Å². The van der Waals surface area contributed by atoms with Crippen molar-refractivity contribution in [3.8, 4) is 0 Å². The molecule has 114 valence electrons. The van der Waals surface area contributed by atoms with Gasteiger partial charge < -0.3 is 10.4 Å². The predicted molar refractivity (Wildman–Crippen MR) is 87.6 cm³/mol. The number of fused-ring (bicyclic) bond motifs is 1. The molecule has 0 saturated heterocycles. The van der Waals surface area contributed by atoms with Crippen molar-refractivity contribution in [1.82, 2.24) is 0 Å². The molecule has 0 saturated carbocycles. The number of nitrogens with one attached hydrogen (secondary N) is 1. The number of hydrogen-bond donors (Lipinski definition) is 2. The van der Waals surface area contributed by atoms with E-state index in [0.717, 1.165) is 16.9 Å². The second-order valence-corrected chi connectivity index (χ2v) is 5.71. The molecule has 4 nitrogen and oxygen atoms in total. The van der Waals surface area contributed by atoms with E-state index in [0.29, 0.717) is 0 Å². The number of carbonyl (C=O) groups is 1. The monoisotopic (exact) mass is 296 g/mol. The minimum Gasteiger partial charge on any atom is -0.378 e. The van der Waals surface area contributed by atoms with Gasteiger partial charge in [0.2, 0.25) is 5.91 Å². The van der Waals surface area contributed by atoms with Gasteiger partial charge in [-0.3, -0.25) is 9.69 Å². The highest BCUT2D eigenvalue weighted by Crippen LogP contribution is 2.41. The van der Waals surface area contributed by atoms with Gasteiger partial charge in [0.25, 0.3) is 0 Å². The minimum absolute atomic E-state index is 0.0517. The van der Waals surface area contributed by atoms with Crippen LogP contribution in [-0.4, -0.2) is 17.2 Å². The maximum Gasteiger partial charge on any atom is 0.225 e. The number of anilines is 2. The van der Waals surface area contributed by atoms with E-state index >= 15 is 0 Å². The Morgan fingerprint density at radius 3 is 2.41 bits per heavy atom. The number of nitrogens with zero attached hydrogens (tertiary/aromatic N) is 1. The summed E-state index contributed by atoms with van der Waals surface area (Å²) in [5.41, 5.74) is 2.80. The van der Waals surface area contributed by atoms with Gasteiger partial charge in [-0.1, -0.05) is 43.3 Å². The molecule has 0 fully saturated rings. The first-order valence-corrected chi connectivity index (χ1v) is 7.48. The summed E-state index contributed by atoms with van der Waals surface area (Å²) >= 11 is 0. The number of benzene rings is 2. The van der Waals surface area contributed by atoms with Crippen LogP contribution < -0.4 is 10.2 Å². The quantitative estimate of drug-likeness (QED) is 0.895. The Morgan fingerprint density at radius 2 is 1.73 bits per heavy atom. The molecule has 2 N–H and O–H groups in total. The molecule has 0 unspecified atom stereocenters. The molecular formula is C18H20N2O2. The zero-order chi connectivity index (χ0) is 15.7. The summed E-state index contributed by atoms with van der Waals surface area (Å²) in [6.45, 7) is 3.44. The number of para-hydroxylation sites is 2. The van der Waals surface area contributed by atoms with Crippen molar-refractivity contribution in [1.29, 1.82) is 0 Å². The van der Waals surface area contributed by atoms with Crippen molar-refractivity contribution in [2.45, 2.75) is 26.1 Å². The van der Waals surface area contributed by atoms with Crippen molar-refractivity contribution >= 4 is 17.3 Å². The summed E-state index contributed by atoms with van der Waals surface area (Å²) in [6.07, 6.45) is -0.839. The molecule has 0 radical (unpaired) electrons. The zero-order valence-electron chi connectivity index (χ0n) is 12.7. The highest BCUT2D eigenvalue weighted by Gasteiger charge is 2.39. The van der Waals surface area contributed by atoms with Crippen LogP contribution in [0.3, 0.4) is 0 Å². The predicted octanol–water partition coefficient (Wildman–Crippen LogP) is 3.16. The first kappa shape index (κ1) is 14.6. The van der Waals surface area contributed by atoms with E-state index in [2.05, 4.69) is 5.32 Å². The van der Waals surface area contributed by atoms with E-state index in [1.165, 1.54) is 11.8 Å². The molecule has 2 aromatic rings. The van der Waals surface area contributed by atoms with Crippen LogP contribution in [0.25, 0.3) is 0 Å². The highest BCUT2D eigenvalue weighted by atomic mass is 16.3. The Kier molecular flexibility index (Phi) is 3.86. The maximum absolute atomic E-state index is 11.9. The lowest BCUT2D eigenvalue weighted by molar-refractivity contribution is -0.119. The van der Waals surface area contributed by atoms with Gasteiger partial charge in [0.05, 0.1) is 11.7 Å². The SMILES string of the molecule is CC(=O)N1c2ccccc2[C@H](Nc2ccccc2)[C@@H](C)[C@@H]1O. The molecule has 3 rings (SSSR count). The van der Waals surface area contributed by atoms with Crippen LogP contribution in [0, 0.1) is 5.92 Å². The second kappa shape index (κ2) is 5.81. The maximum atomic E-state index is 11.9. The fraction of sp³-hybridized carbons (Fsp3) is 0.278. The van der Waals surface area contributed by atoms with Crippen LogP contribution in [0.4, 0.5) is 11.4 Å². The van der Waals surface area contributed by atoms with Crippen LogP contribution in [0.1, 0.15) is 25.5 Å². The van der Waals surface area contributed by atoms with E-state index in [1.807, 2.05) is 61.5 Å². The molecule has 4 heteroatoms.